The average molecular weight is 239 g/mol. The van der Waals surface area contributed by atoms with Crippen molar-refractivity contribution in [3.05, 3.63) is 0 Å². The Bertz CT molecular complexity index is 272. The molecule has 0 aromatic heterocycles. The van der Waals surface area contributed by atoms with E-state index in [1.54, 1.807) is 0 Å². The molecule has 1 aliphatic carbocycles. The number of rotatable bonds is 2. The summed E-state index contributed by atoms with van der Waals surface area (Å²) in [5.41, 5.74) is 0.309. The van der Waals surface area contributed by atoms with E-state index in [0.717, 1.165) is 25.9 Å². The third kappa shape index (κ3) is 2.65. The van der Waals surface area contributed by atoms with E-state index < -0.39 is 0 Å². The summed E-state index contributed by atoms with van der Waals surface area (Å²) in [5, 5.41) is 3.43. The molecule has 0 aromatic carbocycles. The minimum absolute atomic E-state index is 0.0174. The number of hydrogen-bond donors (Lipinski definition) is 1. The number of carbonyl (C=O) groups excluding carboxylic acids is 1. The molecule has 17 heavy (non-hydrogen) atoms. The van der Waals surface area contributed by atoms with Crippen LogP contribution in [0.3, 0.4) is 0 Å². The van der Waals surface area contributed by atoms with Crippen molar-refractivity contribution in [2.45, 2.75) is 52.4 Å². The summed E-state index contributed by atoms with van der Waals surface area (Å²) >= 11 is 0. The molecule has 0 bridgehead atoms. The van der Waals surface area contributed by atoms with E-state index in [4.69, 9.17) is 4.74 Å². The number of hydrogen-bond acceptors (Lipinski definition) is 3. The second-order valence-electron chi connectivity index (χ2n) is 6.03. The fourth-order valence-corrected chi connectivity index (χ4v) is 3.30. The van der Waals surface area contributed by atoms with E-state index in [-0.39, 0.29) is 11.4 Å². The lowest BCUT2D eigenvalue weighted by atomic mass is 9.61. The molecule has 2 aliphatic rings. The number of carbonyl (C=O) groups is 1. The topological polar surface area (TPSA) is 38.3 Å². The van der Waals surface area contributed by atoms with Gasteiger partial charge in [0, 0.05) is 0 Å². The summed E-state index contributed by atoms with van der Waals surface area (Å²) in [6, 6.07) is 0. The first kappa shape index (κ1) is 12.9. The number of ether oxygens (including phenoxy) is 1. The van der Waals surface area contributed by atoms with Crippen LogP contribution in [0, 0.1) is 10.8 Å². The zero-order valence-corrected chi connectivity index (χ0v) is 11.2. The minimum atomic E-state index is -0.216. The third-order valence-electron chi connectivity index (χ3n) is 4.85. The maximum atomic E-state index is 12.0. The lowest BCUT2D eigenvalue weighted by Crippen LogP contribution is -2.43. The van der Waals surface area contributed by atoms with E-state index in [9.17, 15) is 4.79 Å². The molecule has 1 heterocycles. The van der Waals surface area contributed by atoms with Crippen LogP contribution in [-0.2, 0) is 9.53 Å². The predicted octanol–water partition coefficient (Wildman–Crippen LogP) is 2.50. The van der Waals surface area contributed by atoms with Crippen LogP contribution in [0.25, 0.3) is 0 Å². The van der Waals surface area contributed by atoms with E-state index in [1.807, 2.05) is 6.92 Å². The van der Waals surface area contributed by atoms with Crippen LogP contribution in [0.2, 0.25) is 0 Å². The van der Waals surface area contributed by atoms with Crippen molar-refractivity contribution >= 4 is 5.97 Å². The van der Waals surface area contributed by atoms with Crippen LogP contribution >= 0.6 is 0 Å². The Labute approximate surface area is 104 Å². The molecule has 0 amide bonds. The monoisotopic (exact) mass is 239 g/mol. The summed E-state index contributed by atoms with van der Waals surface area (Å²) in [6.45, 7) is 6.77. The van der Waals surface area contributed by atoms with Gasteiger partial charge in [0.1, 0.15) is 0 Å². The van der Waals surface area contributed by atoms with Crippen molar-refractivity contribution in [1.29, 1.82) is 0 Å². The Morgan fingerprint density at radius 2 is 1.71 bits per heavy atom. The number of piperidine rings is 1. The summed E-state index contributed by atoms with van der Waals surface area (Å²) < 4.78 is 5.21. The van der Waals surface area contributed by atoms with Crippen LogP contribution in [-0.4, -0.2) is 25.7 Å². The molecular formula is C14H25NO2. The number of esters is 1. The van der Waals surface area contributed by atoms with Gasteiger partial charge in [-0.05, 0) is 70.9 Å². The van der Waals surface area contributed by atoms with E-state index in [2.05, 4.69) is 12.2 Å². The second-order valence-corrected chi connectivity index (χ2v) is 6.03. The molecule has 0 atom stereocenters. The van der Waals surface area contributed by atoms with Gasteiger partial charge in [0.15, 0.2) is 0 Å². The van der Waals surface area contributed by atoms with Crippen molar-refractivity contribution in [3.63, 3.8) is 0 Å². The molecule has 1 spiro atoms. The highest BCUT2D eigenvalue weighted by atomic mass is 16.5. The van der Waals surface area contributed by atoms with Crippen LogP contribution < -0.4 is 5.32 Å². The van der Waals surface area contributed by atoms with Gasteiger partial charge in [-0.2, -0.15) is 0 Å². The maximum absolute atomic E-state index is 12.0. The summed E-state index contributed by atoms with van der Waals surface area (Å²) in [7, 11) is 0. The highest BCUT2D eigenvalue weighted by Gasteiger charge is 2.45. The van der Waals surface area contributed by atoms with Gasteiger partial charge >= 0.3 is 5.97 Å². The van der Waals surface area contributed by atoms with Gasteiger partial charge in [-0.1, -0.05) is 0 Å². The lowest BCUT2D eigenvalue weighted by molar-refractivity contribution is -0.158. The third-order valence-corrected chi connectivity index (χ3v) is 4.85. The Balaban J connectivity index is 1.94. The van der Waals surface area contributed by atoms with Gasteiger partial charge in [0.25, 0.3) is 0 Å². The first-order valence-electron chi connectivity index (χ1n) is 6.98. The summed E-state index contributed by atoms with van der Waals surface area (Å²) in [6.07, 6.45) is 6.98. The van der Waals surface area contributed by atoms with E-state index in [0.29, 0.717) is 12.0 Å². The predicted molar refractivity (Wildman–Crippen MR) is 67.7 cm³/mol. The molecule has 3 heteroatoms. The first-order chi connectivity index (χ1) is 8.10. The molecule has 0 radical (unpaired) electrons. The zero-order valence-electron chi connectivity index (χ0n) is 11.2. The molecule has 1 saturated carbocycles. The van der Waals surface area contributed by atoms with Crippen LogP contribution in [0.4, 0.5) is 0 Å². The molecule has 2 rings (SSSR count). The van der Waals surface area contributed by atoms with Crippen molar-refractivity contribution in [1.82, 2.24) is 5.32 Å². The fourth-order valence-electron chi connectivity index (χ4n) is 3.30. The molecule has 1 N–H and O–H groups in total. The molecule has 0 unspecified atom stereocenters. The first-order valence-corrected chi connectivity index (χ1v) is 6.98. The van der Waals surface area contributed by atoms with Crippen molar-refractivity contribution in [2.24, 2.45) is 10.8 Å². The van der Waals surface area contributed by atoms with Crippen LogP contribution in [0.5, 0.6) is 0 Å². The zero-order chi connectivity index (χ0) is 12.4. The molecule has 3 nitrogen and oxygen atoms in total. The molecule has 1 saturated heterocycles. The van der Waals surface area contributed by atoms with Gasteiger partial charge in [0.2, 0.25) is 0 Å². The fraction of sp³-hybridized carbons (Fsp3) is 0.929. The maximum Gasteiger partial charge on any atom is 0.311 e. The summed E-state index contributed by atoms with van der Waals surface area (Å²) in [4.78, 5) is 12.0. The number of nitrogens with one attached hydrogen (secondary N) is 1. The highest BCUT2D eigenvalue weighted by Crippen LogP contribution is 2.50. The Hall–Kier alpha value is -0.570. The molecule has 1 aliphatic heterocycles. The van der Waals surface area contributed by atoms with Gasteiger partial charge in [-0.3, -0.25) is 4.79 Å². The second kappa shape index (κ2) is 4.97. The normalized spacial score (nSPS) is 26.7. The summed E-state index contributed by atoms with van der Waals surface area (Å²) in [5.74, 6) is 0.0174. The molecule has 2 fully saturated rings. The lowest BCUT2D eigenvalue weighted by Gasteiger charge is -2.46. The van der Waals surface area contributed by atoms with Crippen LogP contribution in [0.1, 0.15) is 52.4 Å². The largest absolute Gasteiger partial charge is 0.466 e. The standard InChI is InChI=1S/C14H25NO2/c1-3-17-12(16)13(2)4-6-14(7-5-13)8-10-15-11-9-14/h15H,3-11H2,1-2H3. The Kier molecular flexibility index (Phi) is 3.76. The minimum Gasteiger partial charge on any atom is -0.466 e. The SMILES string of the molecule is CCOC(=O)C1(C)CCC2(CCNCC2)CC1. The van der Waals surface area contributed by atoms with Gasteiger partial charge in [0.05, 0.1) is 12.0 Å². The quantitative estimate of drug-likeness (QED) is 0.752. The smallest absolute Gasteiger partial charge is 0.311 e. The Morgan fingerprint density at radius 1 is 1.12 bits per heavy atom. The van der Waals surface area contributed by atoms with Crippen molar-refractivity contribution < 1.29 is 9.53 Å². The van der Waals surface area contributed by atoms with Crippen molar-refractivity contribution in [2.75, 3.05) is 19.7 Å². The van der Waals surface area contributed by atoms with Gasteiger partial charge < -0.3 is 10.1 Å². The van der Waals surface area contributed by atoms with Crippen molar-refractivity contribution in [3.8, 4) is 0 Å². The van der Waals surface area contributed by atoms with Gasteiger partial charge in [-0.25, -0.2) is 0 Å². The Morgan fingerprint density at radius 3 is 2.24 bits per heavy atom. The highest BCUT2D eigenvalue weighted by molar-refractivity contribution is 5.76. The average Bonchev–Trinajstić information content (AvgIpc) is 2.35. The molecular weight excluding hydrogens is 214 g/mol. The van der Waals surface area contributed by atoms with E-state index in [1.165, 1.54) is 25.7 Å². The molecule has 0 aromatic rings. The van der Waals surface area contributed by atoms with Gasteiger partial charge in [-0.15, -0.1) is 0 Å². The van der Waals surface area contributed by atoms with E-state index >= 15 is 0 Å². The van der Waals surface area contributed by atoms with Crippen LogP contribution in [0.15, 0.2) is 0 Å². The molecule has 98 valence electrons.